The zero-order valence-corrected chi connectivity index (χ0v) is 11.9. The number of rotatable bonds is 4. The summed E-state index contributed by atoms with van der Waals surface area (Å²) in [5.74, 6) is 0.637. The van der Waals surface area contributed by atoms with Crippen molar-refractivity contribution < 1.29 is 4.74 Å². The molecule has 0 fully saturated rings. The van der Waals surface area contributed by atoms with E-state index in [1.165, 1.54) is 10.8 Å². The van der Waals surface area contributed by atoms with Crippen LogP contribution in [0.25, 0.3) is 10.8 Å². The fourth-order valence-electron chi connectivity index (χ4n) is 2.02. The van der Waals surface area contributed by atoms with E-state index < -0.39 is 5.60 Å². The highest BCUT2D eigenvalue weighted by Gasteiger charge is 2.23. The van der Waals surface area contributed by atoms with Gasteiger partial charge >= 0.3 is 0 Å². The summed E-state index contributed by atoms with van der Waals surface area (Å²) in [5, 5.41) is 2.46. The Morgan fingerprint density at radius 1 is 1.00 bits per heavy atom. The first kappa shape index (κ1) is 13.4. The number of hydrogen-bond donors (Lipinski definition) is 0. The lowest BCUT2D eigenvalue weighted by Crippen LogP contribution is -2.21. The van der Waals surface area contributed by atoms with Gasteiger partial charge in [0.05, 0.1) is 0 Å². The molecule has 2 aromatic rings. The smallest absolute Gasteiger partial charge is 0.128 e. The molecule has 1 nitrogen and oxygen atoms in total. The predicted molar refractivity (Wildman–Crippen MR) is 82.0 cm³/mol. The van der Waals surface area contributed by atoms with Crippen molar-refractivity contribution in [2.24, 2.45) is 0 Å². The molecule has 0 saturated heterocycles. The highest BCUT2D eigenvalue weighted by Crippen LogP contribution is 2.30. The molecule has 0 aromatic heterocycles. The molecule has 0 saturated carbocycles. The molecule has 0 unspecified atom stereocenters. The highest BCUT2D eigenvalue weighted by molar-refractivity contribution is 5.83. The van der Waals surface area contributed by atoms with E-state index >= 15 is 0 Å². The third kappa shape index (κ3) is 2.87. The Hall–Kier alpha value is -2.02. The van der Waals surface area contributed by atoms with Crippen LogP contribution in [0.2, 0.25) is 0 Å². The summed E-state index contributed by atoms with van der Waals surface area (Å²) in [5.41, 5.74) is 1.57. The fraction of sp³-hybridized carbons (Fsp3) is 0.222. The molecule has 0 amide bonds. The maximum absolute atomic E-state index is 5.94. The molecule has 98 valence electrons. The van der Waals surface area contributed by atoms with Gasteiger partial charge in [0.2, 0.25) is 0 Å². The molecule has 19 heavy (non-hydrogen) atoms. The van der Waals surface area contributed by atoms with Crippen LogP contribution in [-0.2, 0) is 10.3 Å². The maximum Gasteiger partial charge on any atom is 0.128 e. The van der Waals surface area contributed by atoms with Crippen molar-refractivity contribution in [3.63, 3.8) is 0 Å². The molecule has 0 atom stereocenters. The molecule has 0 bridgehead atoms. The molecular weight excluding hydrogens is 232 g/mol. The van der Waals surface area contributed by atoms with Gasteiger partial charge in [-0.2, -0.15) is 0 Å². The maximum atomic E-state index is 5.94. The minimum absolute atomic E-state index is 0.417. The van der Waals surface area contributed by atoms with Gasteiger partial charge in [-0.15, -0.1) is 0 Å². The molecule has 0 aliphatic heterocycles. The fourth-order valence-corrected chi connectivity index (χ4v) is 2.02. The topological polar surface area (TPSA) is 9.23 Å². The van der Waals surface area contributed by atoms with E-state index in [0.29, 0.717) is 5.76 Å². The molecule has 1 heteroatoms. The van der Waals surface area contributed by atoms with Crippen LogP contribution < -0.4 is 0 Å². The first-order chi connectivity index (χ1) is 8.90. The number of hydrogen-bond acceptors (Lipinski definition) is 1. The SMILES string of the molecule is C=C(C)C(=C)OC(C)(C)c1ccc2ccccc2c1. The lowest BCUT2D eigenvalue weighted by atomic mass is 9.95. The van der Waals surface area contributed by atoms with E-state index in [9.17, 15) is 0 Å². The average molecular weight is 252 g/mol. The Kier molecular flexibility index (Phi) is 3.48. The van der Waals surface area contributed by atoms with E-state index in [2.05, 4.69) is 43.5 Å². The first-order valence-corrected chi connectivity index (χ1v) is 6.43. The molecule has 2 aromatic carbocycles. The summed E-state index contributed by atoms with van der Waals surface area (Å²) in [7, 11) is 0. The van der Waals surface area contributed by atoms with Crippen LogP contribution >= 0.6 is 0 Å². The van der Waals surface area contributed by atoms with Crippen molar-refractivity contribution in [3.8, 4) is 0 Å². The number of benzene rings is 2. The van der Waals surface area contributed by atoms with Crippen LogP contribution in [0.15, 0.2) is 67.0 Å². The van der Waals surface area contributed by atoms with E-state index in [1.807, 2.05) is 32.9 Å². The first-order valence-electron chi connectivity index (χ1n) is 6.43. The van der Waals surface area contributed by atoms with Crippen molar-refractivity contribution in [2.45, 2.75) is 26.4 Å². The minimum Gasteiger partial charge on any atom is -0.484 e. The second kappa shape index (κ2) is 4.93. The van der Waals surface area contributed by atoms with Crippen LogP contribution in [0.1, 0.15) is 26.3 Å². The normalized spacial score (nSPS) is 11.3. The predicted octanol–water partition coefficient (Wildman–Crippen LogP) is 5.18. The summed E-state index contributed by atoms with van der Waals surface area (Å²) in [6.07, 6.45) is 0. The summed E-state index contributed by atoms with van der Waals surface area (Å²) < 4.78 is 5.94. The van der Waals surface area contributed by atoms with Crippen LogP contribution in [0, 0.1) is 0 Å². The van der Waals surface area contributed by atoms with E-state index in [0.717, 1.165) is 11.1 Å². The van der Waals surface area contributed by atoms with Gasteiger partial charge < -0.3 is 4.74 Å². The number of allylic oxidation sites excluding steroid dienone is 1. The van der Waals surface area contributed by atoms with Crippen molar-refractivity contribution in [1.82, 2.24) is 0 Å². The van der Waals surface area contributed by atoms with E-state index in [1.54, 1.807) is 0 Å². The van der Waals surface area contributed by atoms with Crippen molar-refractivity contribution in [2.75, 3.05) is 0 Å². The zero-order chi connectivity index (χ0) is 14.0. The Balaban J connectivity index is 2.37. The molecule has 0 spiro atoms. The molecule has 0 heterocycles. The van der Waals surface area contributed by atoms with E-state index in [-0.39, 0.29) is 0 Å². The summed E-state index contributed by atoms with van der Waals surface area (Å²) in [4.78, 5) is 0. The monoisotopic (exact) mass is 252 g/mol. The Bertz CT molecular complexity index is 635. The number of ether oxygens (including phenoxy) is 1. The molecule has 0 radical (unpaired) electrons. The molecule has 0 aliphatic carbocycles. The second-order valence-corrected chi connectivity index (χ2v) is 5.38. The standard InChI is InChI=1S/C18H20O/c1-13(2)14(3)19-18(4,5)17-11-10-15-8-6-7-9-16(15)12-17/h6-12H,1,3H2,2,4-5H3. The van der Waals surface area contributed by atoms with Crippen LogP contribution in [0.4, 0.5) is 0 Å². The van der Waals surface area contributed by atoms with Gasteiger partial charge in [-0.1, -0.05) is 49.6 Å². The third-order valence-corrected chi connectivity index (χ3v) is 3.30. The van der Waals surface area contributed by atoms with Crippen LogP contribution in [0.3, 0.4) is 0 Å². The molecule has 0 N–H and O–H groups in total. The summed E-state index contributed by atoms with van der Waals surface area (Å²) in [6.45, 7) is 13.8. The van der Waals surface area contributed by atoms with Crippen molar-refractivity contribution in [1.29, 1.82) is 0 Å². The van der Waals surface area contributed by atoms with Gasteiger partial charge in [0.25, 0.3) is 0 Å². The zero-order valence-electron chi connectivity index (χ0n) is 11.9. The average Bonchev–Trinajstić information content (AvgIpc) is 2.37. The summed E-state index contributed by atoms with van der Waals surface area (Å²) >= 11 is 0. The van der Waals surface area contributed by atoms with Gasteiger partial charge in [-0.05, 0) is 48.7 Å². The summed E-state index contributed by atoms with van der Waals surface area (Å²) in [6, 6.07) is 14.7. The second-order valence-electron chi connectivity index (χ2n) is 5.38. The Morgan fingerprint density at radius 3 is 2.26 bits per heavy atom. The van der Waals surface area contributed by atoms with E-state index in [4.69, 9.17) is 4.74 Å². The third-order valence-electron chi connectivity index (χ3n) is 3.30. The van der Waals surface area contributed by atoms with Gasteiger partial charge in [0.15, 0.2) is 0 Å². The largest absolute Gasteiger partial charge is 0.484 e. The number of fused-ring (bicyclic) bond motifs is 1. The van der Waals surface area contributed by atoms with Gasteiger partial charge in [-0.3, -0.25) is 0 Å². The Labute approximate surface area is 115 Å². The lowest BCUT2D eigenvalue weighted by Gasteiger charge is -2.28. The van der Waals surface area contributed by atoms with Gasteiger partial charge in [0, 0.05) is 0 Å². The van der Waals surface area contributed by atoms with Crippen LogP contribution in [-0.4, -0.2) is 0 Å². The van der Waals surface area contributed by atoms with Gasteiger partial charge in [-0.25, -0.2) is 0 Å². The van der Waals surface area contributed by atoms with Gasteiger partial charge in [0.1, 0.15) is 11.4 Å². The highest BCUT2D eigenvalue weighted by atomic mass is 16.5. The van der Waals surface area contributed by atoms with Crippen molar-refractivity contribution in [3.05, 3.63) is 72.5 Å². The van der Waals surface area contributed by atoms with Crippen LogP contribution in [0.5, 0.6) is 0 Å². The lowest BCUT2D eigenvalue weighted by molar-refractivity contribution is 0.0376. The quantitative estimate of drug-likeness (QED) is 0.538. The minimum atomic E-state index is -0.417. The molecule has 2 rings (SSSR count). The molecule has 0 aliphatic rings. The molecular formula is C18H20O. The van der Waals surface area contributed by atoms with Crippen molar-refractivity contribution >= 4 is 10.8 Å². The Morgan fingerprint density at radius 2 is 1.63 bits per heavy atom.